The fourth-order valence-electron chi connectivity index (χ4n) is 3.76. The van der Waals surface area contributed by atoms with Crippen LogP contribution in [0.5, 0.6) is 5.75 Å². The fraction of sp³-hybridized carbons (Fsp3) is 0.304. The molecule has 0 radical (unpaired) electrons. The summed E-state index contributed by atoms with van der Waals surface area (Å²) < 4.78 is 33.5. The Balaban J connectivity index is 1.87. The van der Waals surface area contributed by atoms with Gasteiger partial charge in [-0.25, -0.2) is 0 Å². The highest BCUT2D eigenvalue weighted by molar-refractivity contribution is 7.07. The number of nitriles is 1. The molecule has 1 aromatic carbocycles. The van der Waals surface area contributed by atoms with E-state index in [2.05, 4.69) is 27.6 Å². The van der Waals surface area contributed by atoms with Crippen LogP contribution in [-0.2, 0) is 19.5 Å². The molecule has 0 saturated carbocycles. The minimum absolute atomic E-state index is 0.0330. The van der Waals surface area contributed by atoms with Crippen molar-refractivity contribution in [3.63, 3.8) is 0 Å². The smallest absolute Gasteiger partial charge is 0.387 e. The summed E-state index contributed by atoms with van der Waals surface area (Å²) in [6.45, 7) is 1.78. The molecule has 0 bridgehead atoms. The average Bonchev–Trinajstić information content (AvgIpc) is 3.22. The number of hydrogen-bond acceptors (Lipinski definition) is 6. The average molecular weight is 470 g/mol. The molecule has 0 spiro atoms. The number of allylic oxidation sites excluding steroid dienone is 1. The first-order valence-electron chi connectivity index (χ1n) is 10.5. The van der Waals surface area contributed by atoms with Crippen LogP contribution in [0.25, 0.3) is 11.6 Å². The van der Waals surface area contributed by atoms with Gasteiger partial charge >= 0.3 is 6.61 Å². The first kappa shape index (κ1) is 22.6. The Hall–Kier alpha value is -3.58. The summed E-state index contributed by atoms with van der Waals surface area (Å²) in [4.78, 5) is 13.1. The number of rotatable bonds is 6. The number of aromatic nitrogens is 4. The quantitative estimate of drug-likeness (QED) is 0.518. The number of halogens is 2. The molecule has 0 amide bonds. The summed E-state index contributed by atoms with van der Waals surface area (Å²) in [5, 5.41) is 18.6. The maximum atomic E-state index is 13.1. The van der Waals surface area contributed by atoms with Crippen LogP contribution in [0.2, 0.25) is 0 Å². The van der Waals surface area contributed by atoms with Gasteiger partial charge < -0.3 is 9.30 Å². The monoisotopic (exact) mass is 469 g/mol. The van der Waals surface area contributed by atoms with Gasteiger partial charge in [0.25, 0.3) is 5.56 Å². The van der Waals surface area contributed by atoms with Crippen molar-refractivity contribution in [2.75, 3.05) is 0 Å². The number of benzene rings is 1. The Morgan fingerprint density at radius 1 is 1.27 bits per heavy atom. The Bertz CT molecular complexity index is 1380. The lowest BCUT2D eigenvalue weighted by atomic mass is 10.2. The highest BCUT2D eigenvalue weighted by atomic mass is 32.1. The third-order valence-electron chi connectivity index (χ3n) is 5.28. The van der Waals surface area contributed by atoms with Gasteiger partial charge in [-0.1, -0.05) is 24.6 Å². The topological polar surface area (TPSA) is 85.7 Å². The second-order valence-corrected chi connectivity index (χ2v) is 8.49. The largest absolute Gasteiger partial charge is 0.435 e. The summed E-state index contributed by atoms with van der Waals surface area (Å²) >= 11 is 1.18. The molecule has 3 heterocycles. The summed E-state index contributed by atoms with van der Waals surface area (Å²) in [5.74, 6) is 1.35. The molecule has 0 unspecified atom stereocenters. The van der Waals surface area contributed by atoms with Crippen molar-refractivity contribution in [2.45, 2.75) is 45.4 Å². The normalized spacial score (nSPS) is 15.0. The summed E-state index contributed by atoms with van der Waals surface area (Å²) in [6.07, 6.45) is 7.15. The van der Waals surface area contributed by atoms with Crippen molar-refractivity contribution in [3.05, 3.63) is 73.7 Å². The molecule has 3 aromatic rings. The first-order chi connectivity index (χ1) is 16.0. The van der Waals surface area contributed by atoms with Gasteiger partial charge in [-0.15, -0.1) is 28.1 Å². The minimum atomic E-state index is -2.90. The van der Waals surface area contributed by atoms with Crippen molar-refractivity contribution in [2.24, 2.45) is 0 Å². The van der Waals surface area contributed by atoms with E-state index >= 15 is 0 Å². The van der Waals surface area contributed by atoms with Gasteiger partial charge in [-0.05, 0) is 36.6 Å². The van der Waals surface area contributed by atoms with Crippen LogP contribution in [0, 0.1) is 11.3 Å². The number of nitrogens with zero attached hydrogens (tertiary/aromatic N) is 5. The van der Waals surface area contributed by atoms with Crippen LogP contribution in [0.15, 0.2) is 41.7 Å². The number of aryl methyl sites for hydroxylation is 1. The number of thiazole rings is 1. The Morgan fingerprint density at radius 2 is 2.06 bits per heavy atom. The molecule has 4 rings (SSSR count). The van der Waals surface area contributed by atoms with E-state index < -0.39 is 6.61 Å². The van der Waals surface area contributed by atoms with E-state index in [0.29, 0.717) is 26.2 Å². The lowest BCUT2D eigenvalue weighted by Crippen LogP contribution is -2.32. The number of hydrogen-bond donors (Lipinski definition) is 0. The van der Waals surface area contributed by atoms with E-state index in [1.165, 1.54) is 28.0 Å². The molecule has 1 aliphatic heterocycles. The van der Waals surface area contributed by atoms with Crippen molar-refractivity contribution >= 4 is 23.0 Å². The van der Waals surface area contributed by atoms with E-state index in [-0.39, 0.29) is 17.9 Å². The molecule has 1 aliphatic rings. The van der Waals surface area contributed by atoms with Gasteiger partial charge in [0.1, 0.15) is 27.9 Å². The summed E-state index contributed by atoms with van der Waals surface area (Å²) in [7, 11) is 0. The van der Waals surface area contributed by atoms with Crippen LogP contribution in [0.3, 0.4) is 0 Å². The van der Waals surface area contributed by atoms with Crippen molar-refractivity contribution in [1.82, 2.24) is 19.3 Å². The molecule has 33 heavy (non-hydrogen) atoms. The molecule has 7 nitrogen and oxygen atoms in total. The second-order valence-electron chi connectivity index (χ2n) is 7.46. The van der Waals surface area contributed by atoms with E-state index in [0.717, 1.165) is 38.1 Å². The van der Waals surface area contributed by atoms with E-state index in [9.17, 15) is 18.8 Å². The molecule has 2 aromatic heterocycles. The Labute approximate surface area is 192 Å². The number of alkyl halides is 2. The molecule has 0 saturated heterocycles. The van der Waals surface area contributed by atoms with Crippen LogP contribution in [-0.4, -0.2) is 25.9 Å². The minimum Gasteiger partial charge on any atom is -0.435 e. The van der Waals surface area contributed by atoms with E-state index in [1.54, 1.807) is 24.3 Å². The molecule has 170 valence electrons. The zero-order chi connectivity index (χ0) is 23.4. The second kappa shape index (κ2) is 9.92. The predicted molar refractivity (Wildman–Crippen MR) is 120 cm³/mol. The lowest BCUT2D eigenvalue weighted by molar-refractivity contribution is -0.0498. The first-order valence-corrected chi connectivity index (χ1v) is 11.3. The standard InChI is InChI=1S/C23H21F2N5O2S/c1-2-11-30-21(31)18(13-15-7-9-16(10-8-15)32-23(24)25)33-22(30)17(14-26)20-28-27-19-6-4-3-5-12-29(19)20/h2,7-10,13,23H,1,3-6,11-12H2. The van der Waals surface area contributed by atoms with Gasteiger partial charge in [-0.3, -0.25) is 9.36 Å². The van der Waals surface area contributed by atoms with Crippen LogP contribution in [0.4, 0.5) is 8.78 Å². The Morgan fingerprint density at radius 3 is 2.76 bits per heavy atom. The van der Waals surface area contributed by atoms with Crippen molar-refractivity contribution in [1.29, 1.82) is 5.26 Å². The molecule has 0 atom stereocenters. The van der Waals surface area contributed by atoms with Crippen molar-refractivity contribution in [3.8, 4) is 11.8 Å². The molecular weight excluding hydrogens is 448 g/mol. The van der Waals surface area contributed by atoms with Gasteiger partial charge in [0.15, 0.2) is 5.82 Å². The van der Waals surface area contributed by atoms with Gasteiger partial charge in [-0.2, -0.15) is 14.0 Å². The summed E-state index contributed by atoms with van der Waals surface area (Å²) in [5.41, 5.74) is 0.660. The number of fused-ring (bicyclic) bond motifs is 1. The molecule has 0 N–H and O–H groups in total. The maximum absolute atomic E-state index is 13.1. The summed E-state index contributed by atoms with van der Waals surface area (Å²) in [6, 6.07) is 8.22. The molecule has 0 aliphatic carbocycles. The van der Waals surface area contributed by atoms with E-state index in [1.807, 2.05) is 4.57 Å². The zero-order valence-corrected chi connectivity index (χ0v) is 18.5. The SMILES string of the molecule is C=CCn1c(=C(C#N)c2nnc3n2CCCCC3)sc(=Cc2ccc(OC(F)F)cc2)c1=O. The van der Waals surface area contributed by atoms with Gasteiger partial charge in [0, 0.05) is 19.5 Å². The number of ether oxygens (including phenoxy) is 1. The van der Waals surface area contributed by atoms with Crippen LogP contribution >= 0.6 is 11.3 Å². The lowest BCUT2D eigenvalue weighted by Gasteiger charge is -2.06. The van der Waals surface area contributed by atoms with Gasteiger partial charge in [0.2, 0.25) is 0 Å². The van der Waals surface area contributed by atoms with Crippen LogP contribution < -0.4 is 19.5 Å². The Kier molecular flexibility index (Phi) is 6.79. The highest BCUT2D eigenvalue weighted by Gasteiger charge is 2.20. The van der Waals surface area contributed by atoms with Gasteiger partial charge in [0.05, 0.1) is 4.53 Å². The highest BCUT2D eigenvalue weighted by Crippen LogP contribution is 2.18. The van der Waals surface area contributed by atoms with Crippen molar-refractivity contribution < 1.29 is 13.5 Å². The molecule has 10 heteroatoms. The molecule has 0 fully saturated rings. The predicted octanol–water partition coefficient (Wildman–Crippen LogP) is 2.57. The maximum Gasteiger partial charge on any atom is 0.387 e. The molecular formula is C23H21F2N5O2S. The zero-order valence-electron chi connectivity index (χ0n) is 17.7. The van der Waals surface area contributed by atoms with E-state index in [4.69, 9.17) is 0 Å². The third-order valence-corrected chi connectivity index (χ3v) is 6.41. The fourth-order valence-corrected chi connectivity index (χ4v) is 4.87. The van der Waals surface area contributed by atoms with Crippen LogP contribution in [0.1, 0.15) is 36.5 Å². The third kappa shape index (κ3) is 4.78.